The maximum absolute atomic E-state index is 12.6. The molecule has 0 atom stereocenters. The lowest BCUT2D eigenvalue weighted by Gasteiger charge is -2.21. The highest BCUT2D eigenvalue weighted by molar-refractivity contribution is 7.92. The van der Waals surface area contributed by atoms with Crippen molar-refractivity contribution in [1.29, 1.82) is 0 Å². The topological polar surface area (TPSA) is 83.5 Å². The minimum absolute atomic E-state index is 0.149. The van der Waals surface area contributed by atoms with Gasteiger partial charge in [0, 0.05) is 6.08 Å². The minimum Gasteiger partial charge on any atom is -0.478 e. The normalized spacial score (nSPS) is 12.3. The predicted molar refractivity (Wildman–Crippen MR) is 104 cm³/mol. The van der Waals surface area contributed by atoms with E-state index in [0.717, 1.165) is 17.2 Å². The van der Waals surface area contributed by atoms with Crippen molar-refractivity contribution in [1.82, 2.24) is 0 Å². The van der Waals surface area contributed by atoms with Crippen LogP contribution in [-0.4, -0.2) is 19.5 Å². The highest BCUT2D eigenvalue weighted by Crippen LogP contribution is 2.29. The molecule has 0 unspecified atom stereocenters. The Balaban J connectivity index is 2.47. The molecule has 5 nitrogen and oxygen atoms in total. The molecule has 0 fully saturated rings. The molecular weight excluding hydrogens is 350 g/mol. The summed E-state index contributed by atoms with van der Waals surface area (Å²) in [7, 11) is -3.77. The van der Waals surface area contributed by atoms with Crippen LogP contribution < -0.4 is 4.72 Å². The Morgan fingerprint density at radius 2 is 1.69 bits per heavy atom. The van der Waals surface area contributed by atoms with Crippen molar-refractivity contribution in [2.45, 2.75) is 38.0 Å². The van der Waals surface area contributed by atoms with E-state index >= 15 is 0 Å². The highest BCUT2D eigenvalue weighted by atomic mass is 32.2. The van der Waals surface area contributed by atoms with E-state index in [1.54, 1.807) is 24.3 Å². The smallest absolute Gasteiger partial charge is 0.328 e. The van der Waals surface area contributed by atoms with E-state index in [4.69, 9.17) is 5.11 Å². The molecule has 2 rings (SSSR count). The molecule has 2 aromatic carbocycles. The Morgan fingerprint density at radius 1 is 1.08 bits per heavy atom. The van der Waals surface area contributed by atoms with E-state index in [1.807, 2.05) is 33.8 Å². The van der Waals surface area contributed by atoms with Crippen molar-refractivity contribution in [2.24, 2.45) is 0 Å². The van der Waals surface area contributed by atoms with Crippen LogP contribution in [0.1, 0.15) is 37.5 Å². The molecule has 26 heavy (non-hydrogen) atoms. The zero-order chi connectivity index (χ0) is 19.5. The molecule has 0 amide bonds. The summed E-state index contributed by atoms with van der Waals surface area (Å²) in [5.41, 5.74) is 2.61. The van der Waals surface area contributed by atoms with Crippen molar-refractivity contribution < 1.29 is 18.3 Å². The number of hydrogen-bond donors (Lipinski definition) is 2. The van der Waals surface area contributed by atoms with Gasteiger partial charge in [0.2, 0.25) is 0 Å². The fourth-order valence-corrected chi connectivity index (χ4v) is 3.43. The lowest BCUT2D eigenvalue weighted by atomic mass is 9.86. The van der Waals surface area contributed by atoms with E-state index in [1.165, 1.54) is 18.2 Å². The Bertz CT molecular complexity index is 937. The Labute approximate surface area is 154 Å². The third-order valence-corrected chi connectivity index (χ3v) is 5.28. The van der Waals surface area contributed by atoms with Crippen LogP contribution in [0.15, 0.2) is 53.4 Å². The number of anilines is 1. The van der Waals surface area contributed by atoms with Gasteiger partial charge in [-0.2, -0.15) is 0 Å². The highest BCUT2D eigenvalue weighted by Gasteiger charge is 2.18. The van der Waals surface area contributed by atoms with Gasteiger partial charge in [-0.3, -0.25) is 4.72 Å². The first-order chi connectivity index (χ1) is 12.0. The van der Waals surface area contributed by atoms with Gasteiger partial charge in [-0.15, -0.1) is 0 Å². The fraction of sp³-hybridized carbons (Fsp3) is 0.250. The van der Waals surface area contributed by atoms with Gasteiger partial charge in [-0.05, 0) is 53.8 Å². The molecule has 0 radical (unpaired) electrons. The first kappa shape index (κ1) is 19.7. The number of aryl methyl sites for hydroxylation is 1. The summed E-state index contributed by atoms with van der Waals surface area (Å²) in [6.45, 7) is 7.97. The molecule has 0 aliphatic heterocycles. The number of benzene rings is 2. The second kappa shape index (κ2) is 7.33. The number of hydrogen-bond acceptors (Lipinski definition) is 3. The Hall–Kier alpha value is -2.60. The van der Waals surface area contributed by atoms with Crippen LogP contribution in [0.25, 0.3) is 6.08 Å². The maximum atomic E-state index is 12.6. The second-order valence-corrected chi connectivity index (χ2v) is 8.82. The molecule has 6 heteroatoms. The number of rotatable bonds is 5. The summed E-state index contributed by atoms with van der Waals surface area (Å²) in [6.07, 6.45) is 2.38. The minimum atomic E-state index is -3.77. The third-order valence-electron chi connectivity index (χ3n) is 3.90. The van der Waals surface area contributed by atoms with Gasteiger partial charge < -0.3 is 5.11 Å². The molecule has 138 valence electrons. The monoisotopic (exact) mass is 373 g/mol. The van der Waals surface area contributed by atoms with Gasteiger partial charge >= 0.3 is 5.97 Å². The Kier molecular flexibility index (Phi) is 5.56. The molecule has 0 aliphatic carbocycles. The van der Waals surface area contributed by atoms with Crippen molar-refractivity contribution in [3.05, 3.63) is 65.2 Å². The van der Waals surface area contributed by atoms with Gasteiger partial charge in [0.15, 0.2) is 0 Å². The molecule has 0 saturated carbocycles. The van der Waals surface area contributed by atoms with Crippen LogP contribution in [-0.2, 0) is 20.2 Å². The molecular formula is C20H23NO4S. The van der Waals surface area contributed by atoms with Crippen molar-refractivity contribution in [2.75, 3.05) is 4.72 Å². The molecule has 0 saturated heterocycles. The lowest BCUT2D eigenvalue weighted by molar-refractivity contribution is -0.131. The molecule has 0 aromatic heterocycles. The summed E-state index contributed by atoms with van der Waals surface area (Å²) in [5.74, 6) is -1.10. The van der Waals surface area contributed by atoms with E-state index in [2.05, 4.69) is 4.72 Å². The quantitative estimate of drug-likeness (QED) is 0.770. The number of carbonyl (C=O) groups is 1. The van der Waals surface area contributed by atoms with Crippen LogP contribution in [0.5, 0.6) is 0 Å². The van der Waals surface area contributed by atoms with Crippen LogP contribution in [0.3, 0.4) is 0 Å². The van der Waals surface area contributed by atoms with Crippen LogP contribution in [0.4, 0.5) is 5.69 Å². The Morgan fingerprint density at radius 3 is 2.23 bits per heavy atom. The lowest BCUT2D eigenvalue weighted by Crippen LogP contribution is -2.15. The summed E-state index contributed by atoms with van der Waals surface area (Å²) in [4.78, 5) is 11.0. The first-order valence-corrected chi connectivity index (χ1v) is 9.62. The van der Waals surface area contributed by atoms with E-state index in [9.17, 15) is 13.2 Å². The summed E-state index contributed by atoms with van der Waals surface area (Å²) in [6, 6.07) is 11.8. The maximum Gasteiger partial charge on any atom is 0.328 e. The zero-order valence-corrected chi connectivity index (χ0v) is 16.1. The molecule has 0 aliphatic rings. The van der Waals surface area contributed by atoms with Crippen molar-refractivity contribution in [3.8, 4) is 0 Å². The largest absolute Gasteiger partial charge is 0.478 e. The average molecular weight is 373 g/mol. The third kappa shape index (κ3) is 4.95. The molecule has 2 aromatic rings. The number of carboxylic acid groups (broad SMARTS) is 1. The van der Waals surface area contributed by atoms with E-state index < -0.39 is 16.0 Å². The van der Waals surface area contributed by atoms with Gasteiger partial charge in [0.1, 0.15) is 0 Å². The van der Waals surface area contributed by atoms with Crippen LogP contribution >= 0.6 is 0 Å². The zero-order valence-electron chi connectivity index (χ0n) is 15.3. The summed E-state index contributed by atoms with van der Waals surface area (Å²) < 4.78 is 27.8. The van der Waals surface area contributed by atoms with Gasteiger partial charge in [0.05, 0.1) is 10.6 Å². The molecule has 0 spiro atoms. The number of aliphatic carboxylic acids is 1. The average Bonchev–Trinajstić information content (AvgIpc) is 2.53. The first-order valence-electron chi connectivity index (χ1n) is 8.14. The SMILES string of the molecule is Cc1ccc(S(=O)(=O)Nc2ccc(C(C)(C)C)cc2C=CC(=O)O)cc1. The van der Waals surface area contributed by atoms with E-state index in [-0.39, 0.29) is 10.3 Å². The molecule has 0 heterocycles. The predicted octanol–water partition coefficient (Wildman–Crippen LogP) is 4.19. The fourth-order valence-electron chi connectivity index (χ4n) is 2.34. The van der Waals surface area contributed by atoms with Gasteiger partial charge in [-0.25, -0.2) is 13.2 Å². The summed E-state index contributed by atoms with van der Waals surface area (Å²) in [5, 5.41) is 8.91. The van der Waals surface area contributed by atoms with Crippen molar-refractivity contribution >= 4 is 27.8 Å². The molecule has 0 bridgehead atoms. The molecule has 2 N–H and O–H groups in total. The summed E-state index contributed by atoms with van der Waals surface area (Å²) >= 11 is 0. The second-order valence-electron chi connectivity index (χ2n) is 7.14. The van der Waals surface area contributed by atoms with Gasteiger partial charge in [-0.1, -0.05) is 44.5 Å². The van der Waals surface area contributed by atoms with Crippen molar-refractivity contribution in [3.63, 3.8) is 0 Å². The van der Waals surface area contributed by atoms with Crippen LogP contribution in [0.2, 0.25) is 0 Å². The number of sulfonamides is 1. The van der Waals surface area contributed by atoms with E-state index in [0.29, 0.717) is 11.3 Å². The van der Waals surface area contributed by atoms with Crippen LogP contribution in [0, 0.1) is 6.92 Å². The number of carboxylic acids is 1. The standard InChI is InChI=1S/C20H23NO4S/c1-14-5-9-17(10-6-14)26(24,25)21-18-11-8-16(20(2,3)4)13-15(18)7-12-19(22)23/h5-13,21H,1-4H3,(H,22,23). The van der Waals surface area contributed by atoms with Gasteiger partial charge in [0.25, 0.3) is 10.0 Å². The number of nitrogens with one attached hydrogen (secondary N) is 1.